The Hall–Kier alpha value is -0.860. The number of piperidine rings is 1. The third-order valence-electron chi connectivity index (χ3n) is 4.70. The molecule has 1 heterocycles. The van der Waals surface area contributed by atoms with Gasteiger partial charge in [0.15, 0.2) is 0 Å². The lowest BCUT2D eigenvalue weighted by Gasteiger charge is -2.34. The normalized spacial score (nSPS) is 21.9. The van der Waals surface area contributed by atoms with Crippen LogP contribution >= 0.6 is 0 Å². The summed E-state index contributed by atoms with van der Waals surface area (Å²) in [6, 6.07) is 5.03. The van der Waals surface area contributed by atoms with Crippen LogP contribution < -0.4 is 0 Å². The first kappa shape index (κ1) is 15.5. The van der Waals surface area contributed by atoms with E-state index in [-0.39, 0.29) is 6.10 Å². The molecule has 1 aromatic rings. The molecule has 0 aliphatic carbocycles. The Bertz CT molecular complexity index is 432. The van der Waals surface area contributed by atoms with E-state index in [1.165, 1.54) is 42.5 Å². The third-order valence-corrected chi connectivity index (χ3v) is 4.70. The first-order valence-corrected chi connectivity index (χ1v) is 7.99. The fourth-order valence-corrected chi connectivity index (χ4v) is 3.64. The van der Waals surface area contributed by atoms with Crippen LogP contribution in [0.5, 0.6) is 0 Å². The predicted molar refractivity (Wildman–Crippen MR) is 85.1 cm³/mol. The minimum Gasteiger partial charge on any atom is -0.388 e. The van der Waals surface area contributed by atoms with Crippen molar-refractivity contribution < 1.29 is 5.11 Å². The van der Waals surface area contributed by atoms with E-state index in [9.17, 15) is 5.11 Å². The number of hydrogen-bond acceptors (Lipinski definition) is 2. The SMILES string of the molecule is Cc1cc(C)c(C(O)CCN2CCCCC2C)c(C)c1. The molecule has 20 heavy (non-hydrogen) atoms. The zero-order valence-electron chi connectivity index (χ0n) is 13.4. The fourth-order valence-electron chi connectivity index (χ4n) is 3.64. The van der Waals surface area contributed by atoms with Crippen molar-refractivity contribution in [3.63, 3.8) is 0 Å². The van der Waals surface area contributed by atoms with Gasteiger partial charge in [0.1, 0.15) is 0 Å². The van der Waals surface area contributed by atoms with E-state index in [0.29, 0.717) is 6.04 Å². The van der Waals surface area contributed by atoms with Crippen molar-refractivity contribution in [1.29, 1.82) is 0 Å². The molecule has 2 atom stereocenters. The van der Waals surface area contributed by atoms with E-state index in [4.69, 9.17) is 0 Å². The molecule has 0 aromatic heterocycles. The number of likely N-dealkylation sites (tertiary alicyclic amines) is 1. The summed E-state index contributed by atoms with van der Waals surface area (Å²) in [5, 5.41) is 10.6. The summed E-state index contributed by atoms with van der Waals surface area (Å²) in [6.45, 7) is 10.9. The number of hydrogen-bond donors (Lipinski definition) is 1. The summed E-state index contributed by atoms with van der Waals surface area (Å²) in [7, 11) is 0. The number of aliphatic hydroxyl groups is 1. The van der Waals surface area contributed by atoms with Gasteiger partial charge in [0, 0.05) is 12.6 Å². The Morgan fingerprint density at radius 2 is 1.85 bits per heavy atom. The molecule has 1 aliphatic rings. The van der Waals surface area contributed by atoms with Gasteiger partial charge in [0.05, 0.1) is 6.10 Å². The second-order valence-corrected chi connectivity index (χ2v) is 6.50. The summed E-state index contributed by atoms with van der Waals surface area (Å²) in [6.07, 6.45) is 4.48. The van der Waals surface area contributed by atoms with Crippen LogP contribution in [0.4, 0.5) is 0 Å². The lowest BCUT2D eigenvalue weighted by Crippen LogP contribution is -2.38. The minimum absolute atomic E-state index is 0.329. The van der Waals surface area contributed by atoms with Crippen molar-refractivity contribution >= 4 is 0 Å². The van der Waals surface area contributed by atoms with Crippen molar-refractivity contribution in [2.45, 2.75) is 65.5 Å². The molecule has 0 spiro atoms. The Morgan fingerprint density at radius 1 is 1.20 bits per heavy atom. The molecular weight excluding hydrogens is 246 g/mol. The molecule has 1 aliphatic heterocycles. The maximum absolute atomic E-state index is 10.6. The van der Waals surface area contributed by atoms with Gasteiger partial charge in [-0.3, -0.25) is 0 Å². The van der Waals surface area contributed by atoms with Crippen molar-refractivity contribution in [3.05, 3.63) is 34.4 Å². The highest BCUT2D eigenvalue weighted by Gasteiger charge is 2.20. The standard InChI is InChI=1S/C18H29NO/c1-13-11-14(2)18(15(3)12-13)17(20)8-10-19-9-6-5-7-16(19)4/h11-12,16-17,20H,5-10H2,1-4H3. The van der Waals surface area contributed by atoms with Crippen molar-refractivity contribution in [2.24, 2.45) is 0 Å². The van der Waals surface area contributed by atoms with Gasteiger partial charge in [-0.2, -0.15) is 0 Å². The molecule has 2 heteroatoms. The van der Waals surface area contributed by atoms with Crippen LogP contribution in [0.2, 0.25) is 0 Å². The van der Waals surface area contributed by atoms with Gasteiger partial charge in [-0.05, 0) is 70.2 Å². The molecule has 0 saturated carbocycles. The summed E-state index contributed by atoms with van der Waals surface area (Å²) in [5.41, 5.74) is 4.87. The monoisotopic (exact) mass is 275 g/mol. The molecule has 0 amide bonds. The summed E-state index contributed by atoms with van der Waals surface area (Å²) in [5.74, 6) is 0. The smallest absolute Gasteiger partial charge is 0.0807 e. The quantitative estimate of drug-likeness (QED) is 0.900. The van der Waals surface area contributed by atoms with E-state index in [2.05, 4.69) is 44.7 Å². The number of rotatable bonds is 4. The molecule has 112 valence electrons. The first-order chi connectivity index (χ1) is 9.49. The highest BCUT2D eigenvalue weighted by atomic mass is 16.3. The molecule has 2 rings (SSSR count). The lowest BCUT2D eigenvalue weighted by atomic mass is 9.93. The first-order valence-electron chi connectivity index (χ1n) is 7.99. The predicted octanol–water partition coefficient (Wildman–Crippen LogP) is 3.91. The maximum atomic E-state index is 10.6. The van der Waals surface area contributed by atoms with Gasteiger partial charge in [0.2, 0.25) is 0 Å². The zero-order chi connectivity index (χ0) is 14.7. The Labute approximate surface area is 123 Å². The van der Waals surface area contributed by atoms with E-state index in [1.54, 1.807) is 0 Å². The van der Waals surface area contributed by atoms with Gasteiger partial charge < -0.3 is 10.0 Å². The minimum atomic E-state index is -0.329. The second-order valence-electron chi connectivity index (χ2n) is 6.50. The van der Waals surface area contributed by atoms with Crippen LogP contribution in [0.1, 0.15) is 61.0 Å². The molecule has 2 unspecified atom stereocenters. The molecule has 2 nitrogen and oxygen atoms in total. The second kappa shape index (κ2) is 6.73. The molecule has 1 N–H and O–H groups in total. The van der Waals surface area contributed by atoms with Crippen LogP contribution in [-0.4, -0.2) is 29.1 Å². The average molecular weight is 275 g/mol. The number of aliphatic hydroxyl groups excluding tert-OH is 1. The van der Waals surface area contributed by atoms with Crippen LogP contribution in [0.15, 0.2) is 12.1 Å². The number of aryl methyl sites for hydroxylation is 3. The van der Waals surface area contributed by atoms with Crippen molar-refractivity contribution in [3.8, 4) is 0 Å². The van der Waals surface area contributed by atoms with Gasteiger partial charge in [-0.25, -0.2) is 0 Å². The highest BCUT2D eigenvalue weighted by molar-refractivity contribution is 5.38. The molecule has 1 aromatic carbocycles. The lowest BCUT2D eigenvalue weighted by molar-refractivity contribution is 0.109. The van der Waals surface area contributed by atoms with Crippen molar-refractivity contribution in [1.82, 2.24) is 4.90 Å². The van der Waals surface area contributed by atoms with E-state index in [0.717, 1.165) is 18.5 Å². The van der Waals surface area contributed by atoms with Crippen LogP contribution in [0, 0.1) is 20.8 Å². The topological polar surface area (TPSA) is 23.5 Å². The van der Waals surface area contributed by atoms with Gasteiger partial charge in [0.25, 0.3) is 0 Å². The van der Waals surface area contributed by atoms with Gasteiger partial charge in [-0.1, -0.05) is 24.1 Å². The average Bonchev–Trinajstić information content (AvgIpc) is 2.36. The van der Waals surface area contributed by atoms with E-state index >= 15 is 0 Å². The van der Waals surface area contributed by atoms with E-state index in [1.807, 2.05) is 0 Å². The van der Waals surface area contributed by atoms with Gasteiger partial charge >= 0.3 is 0 Å². The van der Waals surface area contributed by atoms with Crippen LogP contribution in [0.25, 0.3) is 0 Å². The molecule has 0 bridgehead atoms. The molecule has 1 saturated heterocycles. The maximum Gasteiger partial charge on any atom is 0.0807 e. The molecule has 1 fully saturated rings. The Balaban J connectivity index is 1.99. The molecule has 0 radical (unpaired) electrons. The summed E-state index contributed by atoms with van der Waals surface area (Å²) >= 11 is 0. The van der Waals surface area contributed by atoms with Crippen LogP contribution in [-0.2, 0) is 0 Å². The van der Waals surface area contributed by atoms with Gasteiger partial charge in [-0.15, -0.1) is 0 Å². The zero-order valence-corrected chi connectivity index (χ0v) is 13.4. The summed E-state index contributed by atoms with van der Waals surface area (Å²) in [4.78, 5) is 2.53. The van der Waals surface area contributed by atoms with Crippen LogP contribution in [0.3, 0.4) is 0 Å². The fraction of sp³-hybridized carbons (Fsp3) is 0.667. The largest absolute Gasteiger partial charge is 0.388 e. The van der Waals surface area contributed by atoms with E-state index < -0.39 is 0 Å². The number of benzene rings is 1. The Kier molecular flexibility index (Phi) is 5.22. The third kappa shape index (κ3) is 3.62. The Morgan fingerprint density at radius 3 is 2.45 bits per heavy atom. The van der Waals surface area contributed by atoms with Crippen molar-refractivity contribution in [2.75, 3.05) is 13.1 Å². The highest BCUT2D eigenvalue weighted by Crippen LogP contribution is 2.27. The summed E-state index contributed by atoms with van der Waals surface area (Å²) < 4.78 is 0. The molecular formula is C18H29NO. The number of nitrogens with zero attached hydrogens (tertiary/aromatic N) is 1.